The number of benzene rings is 3. The van der Waals surface area contributed by atoms with Gasteiger partial charge in [-0.1, -0.05) is 68.4 Å². The average molecular weight is 431 g/mol. The summed E-state index contributed by atoms with van der Waals surface area (Å²) in [5.74, 6) is -0.998. The van der Waals surface area contributed by atoms with Gasteiger partial charge in [-0.25, -0.2) is 0 Å². The summed E-state index contributed by atoms with van der Waals surface area (Å²) in [6.07, 6.45) is 0. The van der Waals surface area contributed by atoms with Crippen LogP contribution in [-0.2, 0) is 16.1 Å². The van der Waals surface area contributed by atoms with Crippen LogP contribution in [0.2, 0.25) is 0 Å². The Kier molecular flexibility index (Phi) is 4.39. The molecule has 3 aromatic carbocycles. The molecule has 0 fully saturated rings. The molecule has 1 aliphatic carbocycles. The zero-order valence-electron chi connectivity index (χ0n) is 17.2. The number of fused-ring (bicyclic) bond motifs is 5. The summed E-state index contributed by atoms with van der Waals surface area (Å²) in [6, 6.07) is 22.4. The van der Waals surface area contributed by atoms with Crippen molar-refractivity contribution in [3.05, 3.63) is 95.1 Å². The van der Waals surface area contributed by atoms with Crippen molar-refractivity contribution in [2.75, 3.05) is 5.32 Å². The van der Waals surface area contributed by atoms with Crippen LogP contribution in [0.5, 0.6) is 5.75 Å². The molecule has 156 valence electrons. The Bertz CT molecular complexity index is 1210. The van der Waals surface area contributed by atoms with E-state index >= 15 is 0 Å². The van der Waals surface area contributed by atoms with E-state index in [0.29, 0.717) is 28.4 Å². The van der Waals surface area contributed by atoms with E-state index in [-0.39, 0.29) is 11.0 Å². The number of anilines is 1. The van der Waals surface area contributed by atoms with Gasteiger partial charge in [-0.3, -0.25) is 4.79 Å². The van der Waals surface area contributed by atoms with Gasteiger partial charge in [-0.05, 0) is 41.9 Å². The van der Waals surface area contributed by atoms with E-state index in [0.717, 1.165) is 11.3 Å². The molecule has 2 unspecified atom stereocenters. The lowest BCUT2D eigenvalue weighted by atomic mass is 9.83. The zero-order valence-corrected chi connectivity index (χ0v) is 18.0. The molecule has 0 saturated heterocycles. The lowest BCUT2D eigenvalue weighted by molar-refractivity contribution is -0.147. The number of nitrogens with two attached hydrogens (primary N) is 1. The minimum absolute atomic E-state index is 0.0717. The maximum atomic E-state index is 13.6. The first-order valence-electron chi connectivity index (χ1n) is 10.2. The molecule has 5 nitrogen and oxygen atoms in total. The molecule has 0 amide bonds. The van der Waals surface area contributed by atoms with Crippen molar-refractivity contribution < 1.29 is 14.3 Å². The molecule has 0 radical (unpaired) electrons. The highest BCUT2D eigenvalue weighted by Gasteiger charge is 2.71. The van der Waals surface area contributed by atoms with Crippen LogP contribution in [0, 0.1) is 0 Å². The molecule has 0 aromatic heterocycles. The number of nitrogens with one attached hydrogen (secondary N) is 1. The molecule has 1 heterocycles. The lowest BCUT2D eigenvalue weighted by Gasteiger charge is -2.35. The van der Waals surface area contributed by atoms with Gasteiger partial charge in [0, 0.05) is 22.4 Å². The number of carbonyl (C=O) groups is 1. The van der Waals surface area contributed by atoms with Gasteiger partial charge < -0.3 is 20.5 Å². The fourth-order valence-electron chi connectivity index (χ4n) is 4.39. The number of para-hydroxylation sites is 1. The summed E-state index contributed by atoms with van der Waals surface area (Å²) in [6.45, 7) is 4.20. The maximum Gasteiger partial charge on any atom is 0.311 e. The SMILES string of the molecule is CC(C)c1ccc2c(c1)OC1(OC(=S)Nc3ccccc3)c3ccccc3C(=O)C21N. The molecule has 6 heteroatoms. The van der Waals surface area contributed by atoms with E-state index in [1.165, 1.54) is 0 Å². The molecular formula is C25H22N2O3S. The highest BCUT2D eigenvalue weighted by molar-refractivity contribution is 7.80. The topological polar surface area (TPSA) is 73.6 Å². The molecule has 0 bridgehead atoms. The Hall–Kier alpha value is -3.22. The summed E-state index contributed by atoms with van der Waals surface area (Å²) < 4.78 is 12.7. The molecule has 2 aliphatic rings. The van der Waals surface area contributed by atoms with Crippen LogP contribution in [0.15, 0.2) is 72.8 Å². The number of hydrogen-bond acceptors (Lipinski definition) is 5. The summed E-state index contributed by atoms with van der Waals surface area (Å²) in [5.41, 5.74) is 8.83. The molecule has 2 atom stereocenters. The molecule has 3 N–H and O–H groups in total. The van der Waals surface area contributed by atoms with Gasteiger partial charge in [0.15, 0.2) is 11.3 Å². The van der Waals surface area contributed by atoms with Crippen molar-refractivity contribution in [2.24, 2.45) is 5.73 Å². The van der Waals surface area contributed by atoms with Crippen LogP contribution >= 0.6 is 12.2 Å². The third-order valence-corrected chi connectivity index (χ3v) is 6.20. The number of Topliss-reactive ketones (excluding diaryl/α,β-unsaturated/α-hetero) is 1. The monoisotopic (exact) mass is 430 g/mol. The second-order valence-corrected chi connectivity index (χ2v) is 8.56. The minimum Gasteiger partial charge on any atom is -0.445 e. The van der Waals surface area contributed by atoms with Gasteiger partial charge in [0.2, 0.25) is 0 Å². The van der Waals surface area contributed by atoms with Crippen molar-refractivity contribution in [1.82, 2.24) is 0 Å². The molecule has 0 saturated carbocycles. The Morgan fingerprint density at radius 1 is 1.03 bits per heavy atom. The molecule has 1 aliphatic heterocycles. The average Bonchev–Trinajstić information content (AvgIpc) is 3.11. The third-order valence-electron chi connectivity index (χ3n) is 6.01. The number of carbonyl (C=O) groups excluding carboxylic acids is 1. The number of ketones is 1. The van der Waals surface area contributed by atoms with E-state index in [4.69, 9.17) is 27.4 Å². The highest BCUT2D eigenvalue weighted by atomic mass is 32.1. The van der Waals surface area contributed by atoms with E-state index in [2.05, 4.69) is 19.2 Å². The van der Waals surface area contributed by atoms with Crippen LogP contribution in [0.3, 0.4) is 0 Å². The van der Waals surface area contributed by atoms with E-state index in [9.17, 15) is 4.79 Å². The van der Waals surface area contributed by atoms with Gasteiger partial charge in [0.25, 0.3) is 5.17 Å². The largest absolute Gasteiger partial charge is 0.445 e. The van der Waals surface area contributed by atoms with Crippen molar-refractivity contribution in [3.8, 4) is 5.75 Å². The molecule has 5 rings (SSSR count). The fraction of sp³-hybridized carbons (Fsp3) is 0.200. The van der Waals surface area contributed by atoms with Gasteiger partial charge in [-0.2, -0.15) is 0 Å². The van der Waals surface area contributed by atoms with Crippen molar-refractivity contribution in [1.29, 1.82) is 0 Å². The summed E-state index contributed by atoms with van der Waals surface area (Å²) >= 11 is 5.51. The quantitative estimate of drug-likeness (QED) is 0.581. The molecule has 3 aromatic rings. The maximum absolute atomic E-state index is 13.6. The van der Waals surface area contributed by atoms with Crippen LogP contribution in [0.4, 0.5) is 5.69 Å². The Morgan fingerprint density at radius 3 is 2.48 bits per heavy atom. The highest BCUT2D eigenvalue weighted by Crippen LogP contribution is 2.59. The van der Waals surface area contributed by atoms with Crippen LogP contribution < -0.4 is 15.8 Å². The Morgan fingerprint density at radius 2 is 1.74 bits per heavy atom. The number of thiocarbonyl (C=S) groups is 1. The molecule has 0 spiro atoms. The molecule has 31 heavy (non-hydrogen) atoms. The van der Waals surface area contributed by atoms with E-state index < -0.39 is 11.3 Å². The predicted octanol–water partition coefficient (Wildman–Crippen LogP) is 4.82. The normalized spacial score (nSPS) is 23.0. The first-order chi connectivity index (χ1) is 14.9. The van der Waals surface area contributed by atoms with Gasteiger partial charge in [0.1, 0.15) is 5.75 Å². The second kappa shape index (κ2) is 6.90. The summed E-state index contributed by atoms with van der Waals surface area (Å²) in [7, 11) is 0. The van der Waals surface area contributed by atoms with Gasteiger partial charge in [-0.15, -0.1) is 0 Å². The van der Waals surface area contributed by atoms with Crippen molar-refractivity contribution in [2.45, 2.75) is 31.1 Å². The number of rotatable bonds is 3. The van der Waals surface area contributed by atoms with E-state index in [1.54, 1.807) is 12.1 Å². The first kappa shape index (κ1) is 19.7. The smallest absolute Gasteiger partial charge is 0.311 e. The number of ether oxygens (including phenoxy) is 2. The van der Waals surface area contributed by atoms with E-state index in [1.807, 2.05) is 60.7 Å². The third kappa shape index (κ3) is 2.72. The molecular weight excluding hydrogens is 408 g/mol. The van der Waals surface area contributed by atoms with Gasteiger partial charge in [0.05, 0.1) is 0 Å². The summed E-state index contributed by atoms with van der Waals surface area (Å²) in [5, 5.41) is 3.13. The van der Waals surface area contributed by atoms with Crippen molar-refractivity contribution in [3.63, 3.8) is 0 Å². The fourth-order valence-corrected chi connectivity index (χ4v) is 4.63. The van der Waals surface area contributed by atoms with Crippen LogP contribution in [-0.4, -0.2) is 11.0 Å². The Balaban J connectivity index is 1.63. The Labute approximate surface area is 186 Å². The number of hydrogen-bond donors (Lipinski definition) is 2. The first-order valence-corrected chi connectivity index (χ1v) is 10.6. The predicted molar refractivity (Wildman–Crippen MR) is 123 cm³/mol. The second-order valence-electron chi connectivity index (χ2n) is 8.19. The minimum atomic E-state index is -1.59. The standard InChI is InChI=1S/C25H22N2O3S/c1-15(2)16-12-13-20-21(14-16)29-25(30-23(31)27-17-8-4-3-5-9-17)19-11-7-6-10-18(19)22(28)24(20,25)26/h3-15H,26H2,1-2H3,(H,27,31). The lowest BCUT2D eigenvalue weighted by Crippen LogP contribution is -2.58. The van der Waals surface area contributed by atoms with Gasteiger partial charge >= 0.3 is 5.79 Å². The zero-order chi connectivity index (χ0) is 21.8. The summed E-state index contributed by atoms with van der Waals surface area (Å²) in [4.78, 5) is 13.6. The van der Waals surface area contributed by atoms with Crippen LogP contribution in [0.1, 0.15) is 46.8 Å². The van der Waals surface area contributed by atoms with Crippen LogP contribution in [0.25, 0.3) is 0 Å². The van der Waals surface area contributed by atoms with Crippen molar-refractivity contribution >= 4 is 28.9 Å².